The van der Waals surface area contributed by atoms with Crippen LogP contribution in [0.25, 0.3) is 0 Å². The van der Waals surface area contributed by atoms with Crippen LogP contribution in [-0.4, -0.2) is 35.8 Å². The van der Waals surface area contributed by atoms with Crippen LogP contribution < -0.4 is 10.2 Å². The van der Waals surface area contributed by atoms with E-state index in [4.69, 9.17) is 9.72 Å². The van der Waals surface area contributed by atoms with Gasteiger partial charge in [0.1, 0.15) is 0 Å². The zero-order valence-electron chi connectivity index (χ0n) is 12.6. The molecule has 5 heteroatoms. The maximum Gasteiger partial charge on any atom is 0.185 e. The van der Waals surface area contributed by atoms with E-state index in [1.807, 2.05) is 0 Å². The van der Waals surface area contributed by atoms with Gasteiger partial charge in [-0.05, 0) is 34.6 Å². The number of morpholine rings is 1. The number of hydrogen-bond donors (Lipinski definition) is 1. The van der Waals surface area contributed by atoms with Crippen molar-refractivity contribution in [1.82, 2.24) is 10.3 Å². The van der Waals surface area contributed by atoms with Gasteiger partial charge in [-0.3, -0.25) is 0 Å². The van der Waals surface area contributed by atoms with Crippen molar-refractivity contribution >= 4 is 16.5 Å². The molecule has 1 aliphatic rings. The zero-order chi connectivity index (χ0) is 14.0. The Morgan fingerprint density at radius 1 is 1.37 bits per heavy atom. The molecule has 2 rings (SSSR count). The average molecular weight is 283 g/mol. The maximum absolute atomic E-state index is 5.76. The van der Waals surface area contributed by atoms with Crippen molar-refractivity contribution in [1.29, 1.82) is 0 Å². The summed E-state index contributed by atoms with van der Waals surface area (Å²) in [6.45, 7) is 13.5. The highest BCUT2D eigenvalue weighted by Gasteiger charge is 2.24. The molecule has 1 saturated heterocycles. The number of rotatable bonds is 3. The fourth-order valence-corrected chi connectivity index (χ4v) is 3.06. The minimum atomic E-state index is 0.131. The van der Waals surface area contributed by atoms with Crippen molar-refractivity contribution in [2.45, 2.75) is 58.9 Å². The third-order valence-corrected chi connectivity index (χ3v) is 3.98. The number of nitrogens with one attached hydrogen (secondary N) is 1. The lowest BCUT2D eigenvalue weighted by molar-refractivity contribution is -0.00523. The Labute approximate surface area is 120 Å². The highest BCUT2D eigenvalue weighted by molar-refractivity contribution is 7.13. The lowest BCUT2D eigenvalue weighted by Crippen LogP contribution is -2.45. The van der Waals surface area contributed by atoms with Crippen molar-refractivity contribution in [3.05, 3.63) is 11.1 Å². The van der Waals surface area contributed by atoms with E-state index in [9.17, 15) is 0 Å². The molecule has 1 N–H and O–H groups in total. The number of aromatic nitrogens is 1. The highest BCUT2D eigenvalue weighted by atomic mass is 32.1. The van der Waals surface area contributed by atoms with Gasteiger partial charge in [-0.1, -0.05) is 0 Å². The number of anilines is 1. The topological polar surface area (TPSA) is 37.4 Å². The van der Waals surface area contributed by atoms with Crippen LogP contribution in [0.3, 0.4) is 0 Å². The smallest absolute Gasteiger partial charge is 0.185 e. The molecule has 19 heavy (non-hydrogen) atoms. The predicted molar refractivity (Wildman–Crippen MR) is 80.9 cm³/mol. The van der Waals surface area contributed by atoms with Gasteiger partial charge in [0.2, 0.25) is 0 Å². The Bertz CT molecular complexity index is 403. The number of nitrogens with zero attached hydrogens (tertiary/aromatic N) is 2. The molecule has 1 aliphatic heterocycles. The Kier molecular flexibility index (Phi) is 4.48. The summed E-state index contributed by atoms with van der Waals surface area (Å²) in [4.78, 5) is 7.07. The van der Waals surface area contributed by atoms with Crippen molar-refractivity contribution in [3.8, 4) is 0 Å². The van der Waals surface area contributed by atoms with Gasteiger partial charge in [0.15, 0.2) is 5.13 Å². The second-order valence-corrected chi connectivity index (χ2v) is 7.22. The molecule has 108 valence electrons. The third-order valence-electron chi connectivity index (χ3n) is 3.03. The molecule has 0 aliphatic carbocycles. The minimum absolute atomic E-state index is 0.131. The quantitative estimate of drug-likeness (QED) is 0.925. The summed E-state index contributed by atoms with van der Waals surface area (Å²) < 4.78 is 5.76. The summed E-state index contributed by atoms with van der Waals surface area (Å²) in [6, 6.07) is 0. The third kappa shape index (κ3) is 4.44. The molecule has 1 aromatic rings. The van der Waals surface area contributed by atoms with Crippen molar-refractivity contribution < 1.29 is 4.74 Å². The molecule has 0 unspecified atom stereocenters. The second-order valence-electron chi connectivity index (χ2n) is 6.39. The Balaban J connectivity index is 1.96. The average Bonchev–Trinajstić information content (AvgIpc) is 2.72. The van der Waals surface area contributed by atoms with Gasteiger partial charge in [0, 0.05) is 30.6 Å². The summed E-state index contributed by atoms with van der Waals surface area (Å²) in [5, 5.41) is 6.74. The normalized spacial score (nSPS) is 24.8. The molecule has 0 spiro atoms. The lowest BCUT2D eigenvalue weighted by Gasteiger charge is -2.35. The standard InChI is InChI=1S/C14H25N3OS/c1-10-7-17(8-11(2)18-10)13-16-12(9-19-13)6-15-14(3,4)5/h9-11,15H,6-8H2,1-5H3/t10-,11+. The zero-order valence-corrected chi connectivity index (χ0v) is 13.4. The molecule has 0 saturated carbocycles. The molecule has 1 aromatic heterocycles. The Hall–Kier alpha value is -0.650. The van der Waals surface area contributed by atoms with E-state index in [1.165, 1.54) is 0 Å². The molecule has 4 nitrogen and oxygen atoms in total. The molecule has 0 bridgehead atoms. The summed E-state index contributed by atoms with van der Waals surface area (Å²) in [5.41, 5.74) is 1.26. The predicted octanol–water partition coefficient (Wildman–Crippen LogP) is 2.64. The lowest BCUT2D eigenvalue weighted by atomic mass is 10.1. The van der Waals surface area contributed by atoms with Gasteiger partial charge in [-0.15, -0.1) is 11.3 Å². The number of ether oxygens (including phenoxy) is 1. The van der Waals surface area contributed by atoms with Crippen molar-refractivity contribution in [2.75, 3.05) is 18.0 Å². The first-order valence-corrected chi connectivity index (χ1v) is 7.81. The fraction of sp³-hybridized carbons (Fsp3) is 0.786. The molecule has 2 heterocycles. The van der Waals surface area contributed by atoms with Gasteiger partial charge in [0.25, 0.3) is 0 Å². The van der Waals surface area contributed by atoms with Crippen LogP contribution in [0.15, 0.2) is 5.38 Å². The van der Waals surface area contributed by atoms with Crippen LogP contribution in [-0.2, 0) is 11.3 Å². The van der Waals surface area contributed by atoms with Crippen molar-refractivity contribution in [3.63, 3.8) is 0 Å². The van der Waals surface area contributed by atoms with E-state index >= 15 is 0 Å². The first-order chi connectivity index (χ1) is 8.83. The first-order valence-electron chi connectivity index (χ1n) is 6.93. The van der Waals surface area contributed by atoms with Gasteiger partial charge in [0.05, 0.1) is 17.9 Å². The van der Waals surface area contributed by atoms with Gasteiger partial charge in [-0.2, -0.15) is 0 Å². The monoisotopic (exact) mass is 283 g/mol. The van der Waals surface area contributed by atoms with E-state index in [0.29, 0.717) is 0 Å². The van der Waals surface area contributed by atoms with Gasteiger partial charge < -0.3 is 15.0 Å². The van der Waals surface area contributed by atoms with Gasteiger partial charge in [-0.25, -0.2) is 4.98 Å². The maximum atomic E-state index is 5.76. The van der Waals surface area contributed by atoms with E-state index in [-0.39, 0.29) is 17.7 Å². The van der Waals surface area contributed by atoms with Crippen LogP contribution in [0.4, 0.5) is 5.13 Å². The molecule has 0 amide bonds. The molecule has 1 fully saturated rings. The molecule has 0 aromatic carbocycles. The fourth-order valence-electron chi connectivity index (χ4n) is 2.21. The summed E-state index contributed by atoms with van der Waals surface area (Å²) in [5.74, 6) is 0. The molecule has 0 radical (unpaired) electrons. The SMILES string of the molecule is C[C@@H]1CN(c2nc(CNC(C)(C)C)cs2)C[C@H](C)O1. The van der Waals surface area contributed by atoms with Crippen LogP contribution in [0.1, 0.15) is 40.3 Å². The number of hydrogen-bond acceptors (Lipinski definition) is 5. The van der Waals surface area contributed by atoms with Crippen LogP contribution in [0, 0.1) is 0 Å². The number of thiazole rings is 1. The molecular weight excluding hydrogens is 258 g/mol. The van der Waals surface area contributed by atoms with Crippen LogP contribution in [0.5, 0.6) is 0 Å². The summed E-state index contributed by atoms with van der Waals surface area (Å²) in [7, 11) is 0. The van der Waals surface area contributed by atoms with Gasteiger partial charge >= 0.3 is 0 Å². The van der Waals surface area contributed by atoms with Crippen molar-refractivity contribution in [2.24, 2.45) is 0 Å². The largest absolute Gasteiger partial charge is 0.372 e. The summed E-state index contributed by atoms with van der Waals surface area (Å²) in [6.07, 6.45) is 0.563. The van der Waals surface area contributed by atoms with E-state index in [0.717, 1.165) is 30.5 Å². The highest BCUT2D eigenvalue weighted by Crippen LogP contribution is 2.24. The Morgan fingerprint density at radius 2 is 2.00 bits per heavy atom. The Morgan fingerprint density at radius 3 is 2.58 bits per heavy atom. The molecular formula is C14H25N3OS. The van der Waals surface area contributed by atoms with E-state index < -0.39 is 0 Å². The van der Waals surface area contributed by atoms with E-state index in [1.54, 1.807) is 11.3 Å². The summed E-state index contributed by atoms with van der Waals surface area (Å²) >= 11 is 1.73. The second kappa shape index (κ2) is 5.77. The van der Waals surface area contributed by atoms with E-state index in [2.05, 4.69) is 50.2 Å². The molecule has 2 atom stereocenters. The minimum Gasteiger partial charge on any atom is -0.372 e. The van der Waals surface area contributed by atoms with Crippen LogP contribution in [0.2, 0.25) is 0 Å². The first kappa shape index (κ1) is 14.8. The van der Waals surface area contributed by atoms with Crippen LogP contribution >= 0.6 is 11.3 Å².